The summed E-state index contributed by atoms with van der Waals surface area (Å²) >= 11 is 0. The number of para-hydroxylation sites is 1. The Hall–Kier alpha value is -2.10. The van der Waals surface area contributed by atoms with Gasteiger partial charge in [0.15, 0.2) is 5.78 Å². The quantitative estimate of drug-likeness (QED) is 0.799. The number of aromatic amines is 1. The monoisotopic (exact) mass is 257 g/mol. The van der Waals surface area contributed by atoms with E-state index in [9.17, 15) is 9.59 Å². The molecule has 1 aromatic heterocycles. The molecule has 3 rings (SSSR count). The van der Waals surface area contributed by atoms with Crippen LogP contribution in [0, 0.1) is 5.92 Å². The number of Topliss-reactive ketones (excluding diaryl/α,β-unsaturated/α-hetero) is 1. The van der Waals surface area contributed by atoms with Crippen molar-refractivity contribution in [1.29, 1.82) is 0 Å². The maximum absolute atomic E-state index is 12.3. The first-order chi connectivity index (χ1) is 9.13. The summed E-state index contributed by atoms with van der Waals surface area (Å²) in [5.74, 6) is -0.612. The summed E-state index contributed by atoms with van der Waals surface area (Å²) in [5, 5.41) is 0.892. The first-order valence-corrected chi connectivity index (χ1v) is 6.35. The van der Waals surface area contributed by atoms with Gasteiger partial charge < -0.3 is 9.72 Å². The normalized spacial score (nSPS) is 22.3. The number of nitrogens with one attached hydrogen (secondary N) is 1. The first-order valence-electron chi connectivity index (χ1n) is 6.35. The van der Waals surface area contributed by atoms with Gasteiger partial charge in [-0.1, -0.05) is 25.1 Å². The predicted molar refractivity (Wildman–Crippen MR) is 71.2 cm³/mol. The summed E-state index contributed by atoms with van der Waals surface area (Å²) in [5.41, 5.74) is 2.25. The lowest BCUT2D eigenvalue weighted by Crippen LogP contribution is -2.29. The highest BCUT2D eigenvalue weighted by Gasteiger charge is 2.39. The average Bonchev–Trinajstić information content (AvgIpc) is 2.77. The highest BCUT2D eigenvalue weighted by molar-refractivity contribution is 6.11. The number of carbonyl (C=O) groups excluding carboxylic acids is 2. The van der Waals surface area contributed by atoms with Crippen LogP contribution >= 0.6 is 0 Å². The topological polar surface area (TPSA) is 59.2 Å². The lowest BCUT2D eigenvalue weighted by atomic mass is 9.78. The standard InChI is InChI=1S/C15H15NO3/c1-8-7-11(17)13-9-5-3-4-6-10(9)16-14(13)12(8)15(18)19-2/h3-6,8,12,16H,7H2,1-2H3. The summed E-state index contributed by atoms with van der Waals surface area (Å²) < 4.78 is 4.88. The molecule has 2 atom stereocenters. The zero-order valence-corrected chi connectivity index (χ0v) is 10.9. The van der Waals surface area contributed by atoms with Gasteiger partial charge in [0.05, 0.1) is 7.11 Å². The SMILES string of the molecule is COC(=O)C1c2[nH]c3ccccc3c2C(=O)CC1C. The fraction of sp³-hybridized carbons (Fsp3) is 0.333. The van der Waals surface area contributed by atoms with Crippen LogP contribution in [0.1, 0.15) is 35.3 Å². The Morgan fingerprint density at radius 1 is 1.37 bits per heavy atom. The number of hydrogen-bond acceptors (Lipinski definition) is 3. The summed E-state index contributed by atoms with van der Waals surface area (Å²) in [4.78, 5) is 27.4. The van der Waals surface area contributed by atoms with E-state index in [-0.39, 0.29) is 23.6 Å². The average molecular weight is 257 g/mol. The van der Waals surface area contributed by atoms with Crippen LogP contribution in [0.25, 0.3) is 10.9 Å². The lowest BCUT2D eigenvalue weighted by Gasteiger charge is -2.26. The molecule has 2 aromatic rings. The third kappa shape index (κ3) is 1.67. The number of hydrogen-bond donors (Lipinski definition) is 1. The molecule has 0 bridgehead atoms. The molecule has 1 aliphatic rings. The van der Waals surface area contributed by atoms with E-state index in [4.69, 9.17) is 4.74 Å². The molecule has 0 saturated heterocycles. The Morgan fingerprint density at radius 2 is 2.11 bits per heavy atom. The molecule has 4 nitrogen and oxygen atoms in total. The van der Waals surface area contributed by atoms with E-state index >= 15 is 0 Å². The minimum atomic E-state index is -0.384. The van der Waals surface area contributed by atoms with Crippen LogP contribution in [-0.2, 0) is 9.53 Å². The number of aromatic nitrogens is 1. The van der Waals surface area contributed by atoms with Crippen LogP contribution < -0.4 is 0 Å². The summed E-state index contributed by atoms with van der Waals surface area (Å²) in [6.07, 6.45) is 0.384. The Balaban J connectivity index is 2.27. The van der Waals surface area contributed by atoms with Gasteiger partial charge in [-0.05, 0) is 12.0 Å². The molecule has 0 saturated carbocycles. The smallest absolute Gasteiger partial charge is 0.314 e. The van der Waals surface area contributed by atoms with E-state index in [0.29, 0.717) is 17.7 Å². The number of benzene rings is 1. The van der Waals surface area contributed by atoms with E-state index in [1.807, 2.05) is 31.2 Å². The molecule has 98 valence electrons. The molecule has 0 aliphatic heterocycles. The number of fused-ring (bicyclic) bond motifs is 3. The minimum Gasteiger partial charge on any atom is -0.468 e. The van der Waals surface area contributed by atoms with Gasteiger partial charge >= 0.3 is 5.97 Å². The maximum Gasteiger partial charge on any atom is 0.314 e. The Kier molecular flexibility index (Phi) is 2.66. The number of H-pyrrole nitrogens is 1. The van der Waals surface area contributed by atoms with Crippen molar-refractivity contribution in [3.05, 3.63) is 35.5 Å². The van der Waals surface area contributed by atoms with Crippen LogP contribution in [0.5, 0.6) is 0 Å². The van der Waals surface area contributed by atoms with Gasteiger partial charge in [-0.3, -0.25) is 9.59 Å². The predicted octanol–water partition coefficient (Wildman–Crippen LogP) is 2.65. The van der Waals surface area contributed by atoms with Gasteiger partial charge in [-0.25, -0.2) is 0 Å². The van der Waals surface area contributed by atoms with Gasteiger partial charge in [0.25, 0.3) is 0 Å². The second-order valence-corrected chi connectivity index (χ2v) is 5.06. The first kappa shape index (κ1) is 12.0. The van der Waals surface area contributed by atoms with E-state index in [1.54, 1.807) is 0 Å². The van der Waals surface area contributed by atoms with Gasteiger partial charge in [0.2, 0.25) is 0 Å². The van der Waals surface area contributed by atoms with E-state index in [2.05, 4.69) is 4.98 Å². The van der Waals surface area contributed by atoms with Crippen LogP contribution in [0.3, 0.4) is 0 Å². The van der Waals surface area contributed by atoms with E-state index < -0.39 is 0 Å². The Labute approximate surface area is 110 Å². The second-order valence-electron chi connectivity index (χ2n) is 5.06. The largest absolute Gasteiger partial charge is 0.468 e. The van der Waals surface area contributed by atoms with E-state index in [1.165, 1.54) is 7.11 Å². The van der Waals surface area contributed by atoms with Crippen LogP contribution in [-0.4, -0.2) is 23.8 Å². The molecule has 0 spiro atoms. The zero-order valence-electron chi connectivity index (χ0n) is 10.9. The minimum absolute atomic E-state index is 0.0412. The van der Waals surface area contributed by atoms with Gasteiger partial charge in [0, 0.05) is 28.6 Å². The van der Waals surface area contributed by atoms with E-state index in [0.717, 1.165) is 10.9 Å². The third-order valence-corrected chi connectivity index (χ3v) is 3.86. The number of methoxy groups -OCH3 is 1. The molecule has 0 radical (unpaired) electrons. The van der Waals surface area contributed by atoms with Crippen molar-refractivity contribution in [1.82, 2.24) is 4.98 Å². The number of ether oxygens (including phenoxy) is 1. The zero-order chi connectivity index (χ0) is 13.6. The maximum atomic E-state index is 12.3. The number of carbonyl (C=O) groups is 2. The van der Waals surface area contributed by atoms with Gasteiger partial charge in [0.1, 0.15) is 5.92 Å². The Bertz CT molecular complexity index is 671. The molecular weight excluding hydrogens is 242 g/mol. The van der Waals surface area contributed by atoms with Crippen molar-refractivity contribution in [2.45, 2.75) is 19.3 Å². The molecule has 0 amide bonds. The summed E-state index contributed by atoms with van der Waals surface area (Å²) in [6, 6.07) is 7.63. The van der Waals surface area contributed by atoms with Crippen LogP contribution in [0.4, 0.5) is 0 Å². The van der Waals surface area contributed by atoms with Crippen molar-refractivity contribution < 1.29 is 14.3 Å². The number of esters is 1. The van der Waals surface area contributed by atoms with Gasteiger partial charge in [-0.2, -0.15) is 0 Å². The number of rotatable bonds is 1. The molecule has 1 aromatic carbocycles. The molecule has 0 fully saturated rings. The fourth-order valence-electron chi connectivity index (χ4n) is 2.97. The summed E-state index contributed by atoms with van der Waals surface area (Å²) in [7, 11) is 1.38. The molecule has 19 heavy (non-hydrogen) atoms. The van der Waals surface area contributed by atoms with Crippen LogP contribution in [0.15, 0.2) is 24.3 Å². The lowest BCUT2D eigenvalue weighted by molar-refractivity contribution is -0.143. The highest BCUT2D eigenvalue weighted by Crippen LogP contribution is 2.39. The summed E-state index contributed by atoms with van der Waals surface area (Å²) in [6.45, 7) is 1.91. The second kappa shape index (κ2) is 4.23. The molecule has 2 unspecified atom stereocenters. The van der Waals surface area contributed by atoms with Crippen LogP contribution in [0.2, 0.25) is 0 Å². The number of ketones is 1. The Morgan fingerprint density at radius 3 is 2.84 bits per heavy atom. The fourth-order valence-corrected chi connectivity index (χ4v) is 2.97. The highest BCUT2D eigenvalue weighted by atomic mass is 16.5. The third-order valence-electron chi connectivity index (χ3n) is 3.86. The van der Waals surface area contributed by atoms with Crippen molar-refractivity contribution >= 4 is 22.7 Å². The van der Waals surface area contributed by atoms with Crippen molar-refractivity contribution in [3.8, 4) is 0 Å². The van der Waals surface area contributed by atoms with Gasteiger partial charge in [-0.15, -0.1) is 0 Å². The molecule has 1 N–H and O–H groups in total. The molecule has 1 aliphatic carbocycles. The molecule has 1 heterocycles. The molecule has 4 heteroatoms. The van der Waals surface area contributed by atoms with Crippen molar-refractivity contribution in [3.63, 3.8) is 0 Å². The molecular formula is C15H15NO3. The van der Waals surface area contributed by atoms with Crippen molar-refractivity contribution in [2.24, 2.45) is 5.92 Å². The van der Waals surface area contributed by atoms with Crippen molar-refractivity contribution in [2.75, 3.05) is 7.11 Å².